The Labute approximate surface area is 112 Å². The number of thioether (sulfide) groups is 1. The van der Waals surface area contributed by atoms with Crippen molar-refractivity contribution in [2.75, 3.05) is 24.6 Å². The number of hydrogen-bond donors (Lipinski definition) is 2. The van der Waals surface area contributed by atoms with Crippen LogP contribution in [0.2, 0.25) is 0 Å². The van der Waals surface area contributed by atoms with Crippen LogP contribution in [0.25, 0.3) is 0 Å². The van der Waals surface area contributed by atoms with E-state index in [4.69, 9.17) is 0 Å². The van der Waals surface area contributed by atoms with Crippen molar-refractivity contribution in [1.29, 1.82) is 0 Å². The van der Waals surface area contributed by atoms with E-state index in [1.165, 1.54) is 0 Å². The first kappa shape index (κ1) is 15.1. The molecule has 0 unspecified atom stereocenters. The maximum atomic E-state index is 12.1. The summed E-state index contributed by atoms with van der Waals surface area (Å²) < 4.78 is 0. The molecule has 0 aromatic heterocycles. The Balaban J connectivity index is 2.63. The van der Waals surface area contributed by atoms with E-state index < -0.39 is 17.4 Å². The Bertz CT molecular complexity index is 307. The highest BCUT2D eigenvalue weighted by atomic mass is 32.2. The number of carbonyl (C=O) groups is 2. The molecule has 0 radical (unpaired) electrons. The zero-order valence-corrected chi connectivity index (χ0v) is 12.0. The zero-order chi connectivity index (χ0) is 13.8. The molecule has 1 saturated heterocycles. The lowest BCUT2D eigenvalue weighted by atomic mass is 9.87. The number of amides is 2. The van der Waals surface area contributed by atoms with Crippen LogP contribution in [0.4, 0.5) is 4.79 Å². The number of carboxylic acids is 1. The summed E-state index contributed by atoms with van der Waals surface area (Å²) in [6.07, 6.45) is 0.964. The van der Waals surface area contributed by atoms with Crippen molar-refractivity contribution >= 4 is 23.8 Å². The topological polar surface area (TPSA) is 69.6 Å². The summed E-state index contributed by atoms with van der Waals surface area (Å²) in [6.45, 7) is 6.82. The Morgan fingerprint density at radius 3 is 2.50 bits per heavy atom. The molecule has 1 aliphatic heterocycles. The molecule has 1 rings (SSSR count). The average molecular weight is 274 g/mol. The van der Waals surface area contributed by atoms with Crippen molar-refractivity contribution in [1.82, 2.24) is 10.2 Å². The first-order valence-corrected chi connectivity index (χ1v) is 7.34. The fourth-order valence-corrected chi connectivity index (χ4v) is 2.70. The molecule has 0 bridgehead atoms. The third-order valence-corrected chi connectivity index (χ3v) is 3.94. The molecule has 1 aliphatic rings. The van der Waals surface area contributed by atoms with E-state index in [1.54, 1.807) is 4.90 Å². The van der Waals surface area contributed by atoms with Gasteiger partial charge < -0.3 is 15.3 Å². The fourth-order valence-electron chi connectivity index (χ4n) is 1.81. The highest BCUT2D eigenvalue weighted by molar-refractivity contribution is 7.99. The molecular weight excluding hydrogens is 252 g/mol. The second-order valence-corrected chi connectivity index (χ2v) is 6.76. The average Bonchev–Trinajstić information content (AvgIpc) is 2.51. The van der Waals surface area contributed by atoms with Crippen LogP contribution in [0.1, 0.15) is 27.2 Å². The predicted molar refractivity (Wildman–Crippen MR) is 72.9 cm³/mol. The van der Waals surface area contributed by atoms with Gasteiger partial charge >= 0.3 is 12.0 Å². The van der Waals surface area contributed by atoms with E-state index in [1.807, 2.05) is 32.5 Å². The molecule has 0 aromatic carbocycles. The van der Waals surface area contributed by atoms with Crippen LogP contribution in [-0.2, 0) is 4.79 Å². The van der Waals surface area contributed by atoms with Crippen molar-refractivity contribution in [3.05, 3.63) is 0 Å². The van der Waals surface area contributed by atoms with Gasteiger partial charge in [0.15, 0.2) is 0 Å². The summed E-state index contributed by atoms with van der Waals surface area (Å²) in [7, 11) is 0. The van der Waals surface area contributed by atoms with Gasteiger partial charge in [0.25, 0.3) is 0 Å². The lowest BCUT2D eigenvalue weighted by Crippen LogP contribution is -2.53. The minimum atomic E-state index is -0.986. The molecule has 18 heavy (non-hydrogen) atoms. The summed E-state index contributed by atoms with van der Waals surface area (Å²) in [5.41, 5.74) is -0.498. The minimum absolute atomic E-state index is 0.264. The highest BCUT2D eigenvalue weighted by Crippen LogP contribution is 2.20. The van der Waals surface area contributed by atoms with Gasteiger partial charge in [-0.2, -0.15) is 11.8 Å². The molecule has 0 aromatic rings. The number of carboxylic acid groups (broad SMARTS) is 1. The van der Waals surface area contributed by atoms with E-state index in [0.29, 0.717) is 13.1 Å². The van der Waals surface area contributed by atoms with Crippen LogP contribution in [0.15, 0.2) is 0 Å². The smallest absolute Gasteiger partial charge is 0.326 e. The number of aliphatic carboxylic acids is 1. The summed E-state index contributed by atoms with van der Waals surface area (Å²) in [4.78, 5) is 25.0. The lowest BCUT2D eigenvalue weighted by molar-refractivity contribution is -0.142. The Hall–Kier alpha value is -0.910. The zero-order valence-electron chi connectivity index (χ0n) is 11.2. The maximum Gasteiger partial charge on any atom is 0.326 e. The van der Waals surface area contributed by atoms with Crippen LogP contribution >= 0.6 is 11.8 Å². The molecule has 104 valence electrons. The number of rotatable bonds is 2. The monoisotopic (exact) mass is 274 g/mol. The molecule has 0 spiro atoms. The number of nitrogens with one attached hydrogen (secondary N) is 1. The molecular formula is C12H22N2O3S. The Kier molecular flexibility index (Phi) is 5.31. The van der Waals surface area contributed by atoms with Gasteiger partial charge in [0, 0.05) is 18.8 Å². The van der Waals surface area contributed by atoms with Crippen molar-refractivity contribution in [3.8, 4) is 0 Å². The van der Waals surface area contributed by atoms with Crippen LogP contribution < -0.4 is 5.32 Å². The summed E-state index contributed by atoms with van der Waals surface area (Å²) in [5, 5.41) is 11.8. The first-order valence-electron chi connectivity index (χ1n) is 6.18. The minimum Gasteiger partial charge on any atom is -0.480 e. The van der Waals surface area contributed by atoms with Gasteiger partial charge in [0.1, 0.15) is 6.04 Å². The van der Waals surface area contributed by atoms with Gasteiger partial charge in [-0.1, -0.05) is 20.8 Å². The second kappa shape index (κ2) is 6.31. The SMILES string of the molecule is CC(C)(C)[C@@H](NC(=O)N1CCCSCC1)C(=O)O. The lowest BCUT2D eigenvalue weighted by Gasteiger charge is -2.30. The van der Waals surface area contributed by atoms with E-state index in [0.717, 1.165) is 17.9 Å². The predicted octanol–water partition coefficient (Wildman–Crippen LogP) is 1.63. The van der Waals surface area contributed by atoms with Gasteiger partial charge in [-0.3, -0.25) is 0 Å². The molecule has 0 aliphatic carbocycles. The molecule has 2 N–H and O–H groups in total. The normalized spacial score (nSPS) is 18.9. The van der Waals surface area contributed by atoms with E-state index in [9.17, 15) is 14.7 Å². The summed E-state index contributed by atoms with van der Waals surface area (Å²) >= 11 is 1.83. The van der Waals surface area contributed by atoms with Gasteiger partial charge in [0.2, 0.25) is 0 Å². The number of urea groups is 1. The van der Waals surface area contributed by atoms with Gasteiger partial charge in [0.05, 0.1) is 0 Å². The molecule has 1 atom stereocenters. The number of carbonyl (C=O) groups excluding carboxylic acids is 1. The van der Waals surface area contributed by atoms with Crippen molar-refractivity contribution in [2.45, 2.75) is 33.2 Å². The van der Waals surface area contributed by atoms with E-state index in [-0.39, 0.29) is 6.03 Å². The van der Waals surface area contributed by atoms with Crippen LogP contribution in [-0.4, -0.2) is 52.6 Å². The molecule has 6 heteroatoms. The third-order valence-electron chi connectivity index (χ3n) is 2.89. The van der Waals surface area contributed by atoms with Crippen molar-refractivity contribution in [3.63, 3.8) is 0 Å². The molecule has 1 heterocycles. The third kappa shape index (κ3) is 4.40. The number of nitrogens with zero attached hydrogens (tertiary/aromatic N) is 1. The summed E-state index contributed by atoms with van der Waals surface area (Å²) in [5.74, 6) is 0.992. The molecule has 0 saturated carbocycles. The summed E-state index contributed by atoms with van der Waals surface area (Å²) in [6, 6.07) is -1.12. The van der Waals surface area contributed by atoms with Crippen LogP contribution in [0.5, 0.6) is 0 Å². The van der Waals surface area contributed by atoms with Crippen molar-refractivity contribution in [2.24, 2.45) is 5.41 Å². The quantitative estimate of drug-likeness (QED) is 0.803. The van der Waals surface area contributed by atoms with Gasteiger partial charge in [-0.25, -0.2) is 9.59 Å². The van der Waals surface area contributed by atoms with E-state index >= 15 is 0 Å². The van der Waals surface area contributed by atoms with Crippen LogP contribution in [0.3, 0.4) is 0 Å². The van der Waals surface area contributed by atoms with Crippen molar-refractivity contribution < 1.29 is 14.7 Å². The number of hydrogen-bond acceptors (Lipinski definition) is 3. The standard InChI is InChI=1S/C12H22N2O3S/c1-12(2,3)9(10(15)16)13-11(17)14-5-4-7-18-8-6-14/h9H,4-8H2,1-3H3,(H,13,17)(H,15,16)/t9-/m0/s1. The maximum absolute atomic E-state index is 12.1. The fraction of sp³-hybridized carbons (Fsp3) is 0.833. The Morgan fingerprint density at radius 2 is 1.94 bits per heavy atom. The Morgan fingerprint density at radius 1 is 1.28 bits per heavy atom. The second-order valence-electron chi connectivity index (χ2n) is 5.54. The molecule has 1 fully saturated rings. The highest BCUT2D eigenvalue weighted by Gasteiger charge is 2.33. The van der Waals surface area contributed by atoms with Crippen LogP contribution in [0, 0.1) is 5.41 Å². The van der Waals surface area contributed by atoms with Gasteiger partial charge in [-0.05, 0) is 17.6 Å². The largest absolute Gasteiger partial charge is 0.480 e. The molecule has 5 nitrogen and oxygen atoms in total. The molecule has 2 amide bonds. The van der Waals surface area contributed by atoms with E-state index in [2.05, 4.69) is 5.32 Å². The van der Waals surface area contributed by atoms with Gasteiger partial charge in [-0.15, -0.1) is 0 Å². The first-order chi connectivity index (χ1) is 8.32.